The van der Waals surface area contributed by atoms with E-state index in [1.165, 1.54) is 41.5 Å². The molecule has 37 heavy (non-hydrogen) atoms. The number of hydrogen-bond donors (Lipinski definition) is 0. The Morgan fingerprint density at radius 1 is 1.16 bits per heavy atom. The van der Waals surface area contributed by atoms with Gasteiger partial charge in [0.15, 0.2) is 5.16 Å². The standard InChI is InChI=1S/C25H25N5O3S4/c1-5-11-30-24(31)22-17(20-8-7-12-34-20)14-35-23(22)27-25(30)36-15-21-26-18-13-16(37(32,33)28(3)4)9-10-19(18)29(21)6-2/h5,7-10,12-14H,1,6,11,15H2,2-4H3. The highest BCUT2D eigenvalue weighted by atomic mass is 32.2. The third-order valence-corrected chi connectivity index (χ3v) is 10.5. The maximum atomic E-state index is 13.6. The normalized spacial score (nSPS) is 12.2. The maximum Gasteiger partial charge on any atom is 0.263 e. The Hall–Kier alpha value is -2.77. The zero-order valence-corrected chi connectivity index (χ0v) is 23.8. The number of fused-ring (bicyclic) bond motifs is 2. The highest BCUT2D eigenvalue weighted by Gasteiger charge is 2.21. The molecule has 0 bridgehead atoms. The van der Waals surface area contributed by atoms with Gasteiger partial charge in [0.05, 0.1) is 27.1 Å². The van der Waals surface area contributed by atoms with Crippen LogP contribution >= 0.6 is 34.4 Å². The Morgan fingerprint density at radius 2 is 1.97 bits per heavy atom. The fourth-order valence-corrected chi connectivity index (χ4v) is 7.82. The van der Waals surface area contributed by atoms with Gasteiger partial charge >= 0.3 is 0 Å². The summed E-state index contributed by atoms with van der Waals surface area (Å²) >= 11 is 4.51. The minimum atomic E-state index is -3.56. The molecule has 1 aromatic carbocycles. The molecule has 0 spiro atoms. The second-order valence-electron chi connectivity index (χ2n) is 8.40. The topological polar surface area (TPSA) is 90.1 Å². The molecule has 5 aromatic rings. The molecule has 0 N–H and O–H groups in total. The van der Waals surface area contributed by atoms with E-state index < -0.39 is 10.0 Å². The average molecular weight is 572 g/mol. The minimum absolute atomic E-state index is 0.0837. The summed E-state index contributed by atoms with van der Waals surface area (Å²) in [5.41, 5.74) is 2.31. The van der Waals surface area contributed by atoms with E-state index in [0.29, 0.717) is 39.7 Å². The van der Waals surface area contributed by atoms with Gasteiger partial charge in [0.25, 0.3) is 5.56 Å². The molecule has 4 heterocycles. The van der Waals surface area contributed by atoms with Gasteiger partial charge in [0.2, 0.25) is 10.0 Å². The second-order valence-corrected chi connectivity index (χ2v) is 13.3. The zero-order chi connectivity index (χ0) is 26.3. The Morgan fingerprint density at radius 3 is 2.65 bits per heavy atom. The molecule has 4 aromatic heterocycles. The summed E-state index contributed by atoms with van der Waals surface area (Å²) in [6, 6.07) is 9.01. The smallest absolute Gasteiger partial charge is 0.263 e. The van der Waals surface area contributed by atoms with Crippen LogP contribution in [0.5, 0.6) is 0 Å². The van der Waals surface area contributed by atoms with Gasteiger partial charge in [-0.05, 0) is 36.6 Å². The Bertz CT molecular complexity index is 1780. The Balaban J connectivity index is 1.54. The number of aromatic nitrogens is 4. The number of aryl methyl sites for hydroxylation is 1. The van der Waals surface area contributed by atoms with Crippen LogP contribution in [0, 0.1) is 0 Å². The van der Waals surface area contributed by atoms with Gasteiger partial charge in [-0.3, -0.25) is 9.36 Å². The molecule has 0 atom stereocenters. The largest absolute Gasteiger partial charge is 0.328 e. The van der Waals surface area contributed by atoms with Crippen molar-refractivity contribution in [3.63, 3.8) is 0 Å². The number of thiophene rings is 2. The molecule has 0 amide bonds. The third-order valence-electron chi connectivity index (χ3n) is 5.98. The SMILES string of the molecule is C=CCn1c(SCc2nc3cc(S(=O)(=O)N(C)C)ccc3n2CC)nc2scc(-c3cccs3)c2c1=O. The van der Waals surface area contributed by atoms with Crippen molar-refractivity contribution >= 4 is 65.7 Å². The molecule has 8 nitrogen and oxygen atoms in total. The molecule has 0 unspecified atom stereocenters. The summed E-state index contributed by atoms with van der Waals surface area (Å²) in [5, 5.41) is 5.22. The first-order valence-corrected chi connectivity index (χ1v) is 15.7. The monoisotopic (exact) mass is 571 g/mol. The van der Waals surface area contributed by atoms with Crippen molar-refractivity contribution in [3.8, 4) is 10.4 Å². The number of hydrogen-bond acceptors (Lipinski definition) is 8. The van der Waals surface area contributed by atoms with Crippen molar-refractivity contribution in [1.29, 1.82) is 0 Å². The summed E-state index contributed by atoms with van der Waals surface area (Å²) in [5.74, 6) is 1.25. The zero-order valence-electron chi connectivity index (χ0n) is 20.5. The van der Waals surface area contributed by atoms with Gasteiger partial charge in [0.1, 0.15) is 10.7 Å². The number of imidazole rings is 1. The lowest BCUT2D eigenvalue weighted by molar-refractivity contribution is 0.521. The van der Waals surface area contributed by atoms with Gasteiger partial charge in [-0.15, -0.1) is 29.3 Å². The molecule has 0 aliphatic carbocycles. The fourth-order valence-electron chi connectivity index (χ4n) is 4.14. The van der Waals surface area contributed by atoms with Crippen LogP contribution in [0.1, 0.15) is 12.7 Å². The van der Waals surface area contributed by atoms with Gasteiger partial charge in [0, 0.05) is 43.0 Å². The van der Waals surface area contributed by atoms with Gasteiger partial charge in [-0.25, -0.2) is 22.7 Å². The highest BCUT2D eigenvalue weighted by Crippen LogP contribution is 2.35. The van der Waals surface area contributed by atoms with E-state index >= 15 is 0 Å². The first kappa shape index (κ1) is 25.9. The van der Waals surface area contributed by atoms with Crippen LogP contribution in [0.3, 0.4) is 0 Å². The predicted molar refractivity (Wildman–Crippen MR) is 153 cm³/mol. The Labute approximate surface area is 227 Å². The number of thioether (sulfide) groups is 1. The van der Waals surface area contributed by atoms with E-state index in [-0.39, 0.29) is 10.5 Å². The number of allylic oxidation sites excluding steroid dienone is 1. The highest BCUT2D eigenvalue weighted by molar-refractivity contribution is 7.98. The van der Waals surface area contributed by atoms with Gasteiger partial charge in [-0.1, -0.05) is 23.9 Å². The third kappa shape index (κ3) is 4.57. The van der Waals surface area contributed by atoms with Gasteiger partial charge < -0.3 is 4.57 Å². The van der Waals surface area contributed by atoms with Crippen LogP contribution in [0.15, 0.2) is 68.6 Å². The Kier molecular flexibility index (Phi) is 7.12. The van der Waals surface area contributed by atoms with E-state index in [1.807, 2.05) is 29.8 Å². The number of benzene rings is 1. The van der Waals surface area contributed by atoms with Crippen molar-refractivity contribution < 1.29 is 8.42 Å². The number of rotatable bonds is 9. The van der Waals surface area contributed by atoms with Crippen LogP contribution in [0.4, 0.5) is 0 Å². The summed E-state index contributed by atoms with van der Waals surface area (Å²) in [4.78, 5) is 25.1. The predicted octanol–water partition coefficient (Wildman–Crippen LogP) is 5.28. The van der Waals surface area contributed by atoms with Crippen LogP contribution in [0.25, 0.3) is 31.7 Å². The van der Waals surface area contributed by atoms with Crippen LogP contribution in [0.2, 0.25) is 0 Å². The van der Waals surface area contributed by atoms with Crippen LogP contribution in [-0.4, -0.2) is 45.9 Å². The molecule has 0 fully saturated rings. The van der Waals surface area contributed by atoms with E-state index in [0.717, 1.165) is 21.8 Å². The molecular weight excluding hydrogens is 547 g/mol. The second kappa shape index (κ2) is 10.2. The molecular formula is C25H25N5O3S4. The fraction of sp³-hybridized carbons (Fsp3) is 0.240. The van der Waals surface area contributed by atoms with Crippen molar-refractivity contribution in [2.24, 2.45) is 0 Å². The molecule has 12 heteroatoms. The van der Waals surface area contributed by atoms with Gasteiger partial charge in [-0.2, -0.15) is 0 Å². The average Bonchev–Trinajstić information content (AvgIpc) is 3.62. The van der Waals surface area contributed by atoms with E-state index in [1.54, 1.807) is 40.2 Å². The number of sulfonamides is 1. The first-order valence-electron chi connectivity index (χ1n) is 11.5. The summed E-state index contributed by atoms with van der Waals surface area (Å²) in [6.45, 7) is 6.88. The van der Waals surface area contributed by atoms with Crippen molar-refractivity contribution in [2.45, 2.75) is 35.8 Å². The first-order chi connectivity index (χ1) is 17.8. The lowest BCUT2D eigenvalue weighted by Gasteiger charge is -2.11. The van der Waals surface area contributed by atoms with E-state index in [9.17, 15) is 13.2 Å². The van der Waals surface area contributed by atoms with Crippen molar-refractivity contribution in [3.05, 3.63) is 69.9 Å². The van der Waals surface area contributed by atoms with Crippen LogP contribution in [-0.2, 0) is 28.9 Å². The van der Waals surface area contributed by atoms with E-state index in [4.69, 9.17) is 9.97 Å². The summed E-state index contributed by atoms with van der Waals surface area (Å²) in [6.07, 6.45) is 1.70. The van der Waals surface area contributed by atoms with E-state index in [2.05, 4.69) is 11.1 Å². The number of nitrogens with zero attached hydrogens (tertiary/aromatic N) is 5. The van der Waals surface area contributed by atoms with Crippen molar-refractivity contribution in [1.82, 2.24) is 23.4 Å². The molecule has 0 saturated heterocycles. The minimum Gasteiger partial charge on any atom is -0.328 e. The summed E-state index contributed by atoms with van der Waals surface area (Å²) in [7, 11) is -0.543. The molecule has 5 rings (SSSR count). The molecule has 0 aliphatic rings. The van der Waals surface area contributed by atoms with Crippen LogP contribution < -0.4 is 5.56 Å². The lowest BCUT2D eigenvalue weighted by atomic mass is 10.2. The quantitative estimate of drug-likeness (QED) is 0.136. The van der Waals surface area contributed by atoms with Crippen molar-refractivity contribution in [2.75, 3.05) is 14.1 Å². The summed E-state index contributed by atoms with van der Waals surface area (Å²) < 4.78 is 30.1. The molecule has 0 aliphatic heterocycles. The lowest BCUT2D eigenvalue weighted by Crippen LogP contribution is -2.22. The molecule has 192 valence electrons. The maximum absolute atomic E-state index is 13.6. The molecule has 0 saturated carbocycles. The molecule has 0 radical (unpaired) electrons.